The van der Waals surface area contributed by atoms with Crippen molar-refractivity contribution in [2.75, 3.05) is 0 Å². The van der Waals surface area contributed by atoms with E-state index >= 15 is 0 Å². The standard InChI is InChI=1S/C11H13N.H2/c1-8(2)9-4-3-5-11-10(9)6-7-12-11;/h3-8,12H,1-2H3;1H. The molecular weight excluding hydrogens is 146 g/mol. The Morgan fingerprint density at radius 2 is 2.08 bits per heavy atom. The van der Waals surface area contributed by atoms with Crippen LogP contribution in [0.2, 0.25) is 0 Å². The van der Waals surface area contributed by atoms with Crippen LogP contribution in [0.4, 0.5) is 0 Å². The van der Waals surface area contributed by atoms with E-state index in [1.165, 1.54) is 16.5 Å². The Labute approximate surface area is 73.9 Å². The van der Waals surface area contributed by atoms with Gasteiger partial charge in [0.1, 0.15) is 0 Å². The topological polar surface area (TPSA) is 15.8 Å². The molecule has 1 heterocycles. The van der Waals surface area contributed by atoms with Crippen molar-refractivity contribution in [1.82, 2.24) is 4.98 Å². The Morgan fingerprint density at radius 1 is 1.25 bits per heavy atom. The van der Waals surface area contributed by atoms with Crippen LogP contribution in [0.25, 0.3) is 10.9 Å². The highest BCUT2D eigenvalue weighted by Crippen LogP contribution is 2.23. The van der Waals surface area contributed by atoms with Crippen LogP contribution in [0.1, 0.15) is 26.8 Å². The Balaban J connectivity index is 0.000000845. The van der Waals surface area contributed by atoms with E-state index in [0.29, 0.717) is 5.92 Å². The van der Waals surface area contributed by atoms with Gasteiger partial charge in [0.25, 0.3) is 0 Å². The summed E-state index contributed by atoms with van der Waals surface area (Å²) in [7, 11) is 0. The second kappa shape index (κ2) is 2.67. The average molecular weight is 161 g/mol. The smallest absolute Gasteiger partial charge is 0.0456 e. The lowest BCUT2D eigenvalue weighted by Gasteiger charge is -2.05. The van der Waals surface area contributed by atoms with Gasteiger partial charge in [-0.3, -0.25) is 0 Å². The molecule has 64 valence electrons. The molecule has 0 radical (unpaired) electrons. The summed E-state index contributed by atoms with van der Waals surface area (Å²) in [6, 6.07) is 8.56. The molecule has 0 atom stereocenters. The van der Waals surface area contributed by atoms with E-state index in [9.17, 15) is 0 Å². The van der Waals surface area contributed by atoms with Crippen molar-refractivity contribution in [3.63, 3.8) is 0 Å². The van der Waals surface area contributed by atoms with Gasteiger partial charge in [0.05, 0.1) is 0 Å². The third kappa shape index (κ3) is 1.02. The van der Waals surface area contributed by atoms with E-state index in [-0.39, 0.29) is 1.43 Å². The molecule has 1 N–H and O–H groups in total. The molecule has 0 aliphatic carbocycles. The van der Waals surface area contributed by atoms with Crippen molar-refractivity contribution in [2.24, 2.45) is 0 Å². The van der Waals surface area contributed by atoms with Crippen LogP contribution in [0.3, 0.4) is 0 Å². The third-order valence-electron chi connectivity index (χ3n) is 2.25. The van der Waals surface area contributed by atoms with Crippen molar-refractivity contribution in [3.8, 4) is 0 Å². The van der Waals surface area contributed by atoms with E-state index in [4.69, 9.17) is 0 Å². The summed E-state index contributed by atoms with van der Waals surface area (Å²) in [6.07, 6.45) is 2.00. The molecule has 1 aromatic heterocycles. The lowest BCUT2D eigenvalue weighted by atomic mass is 10.00. The Bertz CT molecular complexity index is 390. The van der Waals surface area contributed by atoms with Crippen LogP contribution in [0, 0.1) is 0 Å². The molecule has 1 heteroatoms. The molecule has 0 unspecified atom stereocenters. The number of rotatable bonds is 1. The van der Waals surface area contributed by atoms with Crippen molar-refractivity contribution in [3.05, 3.63) is 36.0 Å². The van der Waals surface area contributed by atoms with E-state index in [2.05, 4.69) is 43.1 Å². The Morgan fingerprint density at radius 3 is 2.83 bits per heavy atom. The zero-order valence-corrected chi connectivity index (χ0v) is 7.46. The molecule has 1 aromatic carbocycles. The summed E-state index contributed by atoms with van der Waals surface area (Å²) < 4.78 is 0. The molecule has 0 amide bonds. The van der Waals surface area contributed by atoms with Gasteiger partial charge in [-0.1, -0.05) is 26.0 Å². The lowest BCUT2D eigenvalue weighted by molar-refractivity contribution is 0.876. The van der Waals surface area contributed by atoms with Crippen LogP contribution >= 0.6 is 0 Å². The normalized spacial score (nSPS) is 11.2. The Hall–Kier alpha value is -1.24. The predicted molar refractivity (Wildman–Crippen MR) is 54.5 cm³/mol. The number of benzene rings is 1. The van der Waals surface area contributed by atoms with E-state index in [1.807, 2.05) is 6.20 Å². The molecule has 0 saturated carbocycles. The maximum atomic E-state index is 3.21. The van der Waals surface area contributed by atoms with Gasteiger partial charge in [-0.2, -0.15) is 0 Å². The first-order chi connectivity index (χ1) is 5.79. The number of hydrogen-bond acceptors (Lipinski definition) is 0. The van der Waals surface area contributed by atoms with Gasteiger partial charge in [0.2, 0.25) is 0 Å². The molecule has 1 nitrogen and oxygen atoms in total. The van der Waals surface area contributed by atoms with Crippen molar-refractivity contribution in [1.29, 1.82) is 0 Å². The van der Waals surface area contributed by atoms with E-state index < -0.39 is 0 Å². The predicted octanol–water partition coefficient (Wildman–Crippen LogP) is 3.54. The molecular formula is C11H15N. The number of nitrogens with one attached hydrogen (secondary N) is 1. The number of H-pyrrole nitrogens is 1. The summed E-state index contributed by atoms with van der Waals surface area (Å²) >= 11 is 0. The molecule has 2 aromatic rings. The average Bonchev–Trinajstić information content (AvgIpc) is 2.49. The fourth-order valence-electron chi connectivity index (χ4n) is 1.61. The first kappa shape index (κ1) is 7.41. The Kier molecular flexibility index (Phi) is 1.65. The summed E-state index contributed by atoms with van der Waals surface area (Å²) in [5.74, 6) is 0.601. The van der Waals surface area contributed by atoms with E-state index in [0.717, 1.165) is 0 Å². The van der Waals surface area contributed by atoms with Crippen LogP contribution in [-0.2, 0) is 0 Å². The zero-order chi connectivity index (χ0) is 8.55. The van der Waals surface area contributed by atoms with Crippen molar-refractivity contribution < 1.29 is 1.43 Å². The molecule has 0 aliphatic rings. The van der Waals surface area contributed by atoms with Crippen LogP contribution < -0.4 is 0 Å². The van der Waals surface area contributed by atoms with Crippen LogP contribution in [0.5, 0.6) is 0 Å². The minimum absolute atomic E-state index is 0. The highest BCUT2D eigenvalue weighted by Gasteiger charge is 2.03. The van der Waals surface area contributed by atoms with Crippen LogP contribution in [0.15, 0.2) is 30.5 Å². The van der Waals surface area contributed by atoms with Gasteiger partial charge in [-0.15, -0.1) is 0 Å². The molecule has 0 fully saturated rings. The zero-order valence-electron chi connectivity index (χ0n) is 7.46. The first-order valence-corrected chi connectivity index (χ1v) is 4.35. The molecule has 12 heavy (non-hydrogen) atoms. The minimum Gasteiger partial charge on any atom is -0.361 e. The molecule has 0 spiro atoms. The minimum atomic E-state index is 0. The van der Waals surface area contributed by atoms with Crippen LogP contribution in [-0.4, -0.2) is 4.98 Å². The number of fused-ring (bicyclic) bond motifs is 1. The second-order valence-electron chi connectivity index (χ2n) is 3.44. The first-order valence-electron chi connectivity index (χ1n) is 4.35. The summed E-state index contributed by atoms with van der Waals surface area (Å²) in [5.41, 5.74) is 2.66. The fourth-order valence-corrected chi connectivity index (χ4v) is 1.61. The third-order valence-corrected chi connectivity index (χ3v) is 2.25. The summed E-state index contributed by atoms with van der Waals surface area (Å²) in [6.45, 7) is 4.45. The van der Waals surface area contributed by atoms with Gasteiger partial charge in [0, 0.05) is 18.5 Å². The summed E-state index contributed by atoms with van der Waals surface area (Å²) in [4.78, 5) is 3.21. The quantitative estimate of drug-likeness (QED) is 0.658. The van der Waals surface area contributed by atoms with Crippen molar-refractivity contribution in [2.45, 2.75) is 19.8 Å². The van der Waals surface area contributed by atoms with Gasteiger partial charge in [0.15, 0.2) is 0 Å². The highest BCUT2D eigenvalue weighted by molar-refractivity contribution is 5.83. The van der Waals surface area contributed by atoms with Gasteiger partial charge in [-0.25, -0.2) is 0 Å². The fraction of sp³-hybridized carbons (Fsp3) is 0.273. The summed E-state index contributed by atoms with van der Waals surface area (Å²) in [5, 5.41) is 1.35. The number of aromatic amines is 1. The van der Waals surface area contributed by atoms with Crippen molar-refractivity contribution >= 4 is 10.9 Å². The van der Waals surface area contributed by atoms with Gasteiger partial charge in [-0.05, 0) is 23.6 Å². The second-order valence-corrected chi connectivity index (χ2v) is 3.44. The highest BCUT2D eigenvalue weighted by atomic mass is 14.7. The van der Waals surface area contributed by atoms with Gasteiger partial charge < -0.3 is 4.98 Å². The maximum Gasteiger partial charge on any atom is 0.0456 e. The largest absolute Gasteiger partial charge is 0.361 e. The SMILES string of the molecule is CC(C)c1cccc2[nH]ccc12.[HH]. The molecule has 0 saturated heterocycles. The number of hydrogen-bond donors (Lipinski definition) is 1. The van der Waals surface area contributed by atoms with Gasteiger partial charge >= 0.3 is 0 Å². The molecule has 0 bridgehead atoms. The lowest BCUT2D eigenvalue weighted by Crippen LogP contribution is -1.86. The maximum absolute atomic E-state index is 3.21. The molecule has 0 aliphatic heterocycles. The number of aromatic nitrogens is 1. The monoisotopic (exact) mass is 161 g/mol. The molecule has 2 rings (SSSR count). The van der Waals surface area contributed by atoms with E-state index in [1.54, 1.807) is 0 Å².